The maximum atomic E-state index is 12.6. The molecule has 3 aromatic rings. The van der Waals surface area contributed by atoms with Gasteiger partial charge in [-0.05, 0) is 60.7 Å². The molecule has 2 N–H and O–H groups in total. The molecule has 7 heteroatoms. The molecule has 3 rings (SSSR count). The minimum absolute atomic E-state index is 0.137. The van der Waals surface area contributed by atoms with Gasteiger partial charge in [-0.3, -0.25) is 9.69 Å². The summed E-state index contributed by atoms with van der Waals surface area (Å²) in [6.07, 6.45) is 1.90. The lowest BCUT2D eigenvalue weighted by Gasteiger charge is -2.28. The molecular weight excluding hydrogens is 470 g/mol. The molecule has 0 fully saturated rings. The molecule has 0 heterocycles. The van der Waals surface area contributed by atoms with E-state index in [1.807, 2.05) is 37.3 Å². The highest BCUT2D eigenvalue weighted by molar-refractivity contribution is 7.89. The molecule has 1 atom stereocenters. The Hall–Kier alpha value is -3.00. The summed E-state index contributed by atoms with van der Waals surface area (Å²) >= 11 is 0. The first-order valence-electron chi connectivity index (χ1n) is 12.6. The molecule has 0 radical (unpaired) electrons. The second-order valence-corrected chi connectivity index (χ2v) is 10.8. The molecule has 3 aromatic carbocycles. The van der Waals surface area contributed by atoms with Crippen molar-refractivity contribution in [3.63, 3.8) is 0 Å². The number of carbonyl (C=O) groups is 1. The highest BCUT2D eigenvalue weighted by atomic mass is 32.2. The largest absolute Gasteiger partial charge is 0.351 e. The monoisotopic (exact) mass is 507 g/mol. The van der Waals surface area contributed by atoms with Crippen molar-refractivity contribution in [2.45, 2.75) is 57.6 Å². The number of nitrogens with one attached hydrogen (secondary N) is 2. The summed E-state index contributed by atoms with van der Waals surface area (Å²) in [5, 5.41) is 3.01. The average molecular weight is 508 g/mol. The van der Waals surface area contributed by atoms with Crippen LogP contribution in [0.4, 0.5) is 0 Å². The van der Waals surface area contributed by atoms with E-state index in [1.165, 1.54) is 5.56 Å². The maximum absolute atomic E-state index is 12.6. The first-order valence-corrected chi connectivity index (χ1v) is 14.0. The number of hydrogen-bond donors (Lipinski definition) is 2. The average Bonchev–Trinajstić information content (AvgIpc) is 2.91. The summed E-state index contributed by atoms with van der Waals surface area (Å²) in [6, 6.07) is 24.7. The van der Waals surface area contributed by atoms with Crippen LogP contribution < -0.4 is 10.0 Å². The normalized spacial score (nSPS) is 12.4. The molecule has 0 saturated carbocycles. The van der Waals surface area contributed by atoms with Gasteiger partial charge < -0.3 is 5.32 Å². The van der Waals surface area contributed by atoms with Gasteiger partial charge in [0.05, 0.1) is 4.90 Å². The van der Waals surface area contributed by atoms with Gasteiger partial charge in [0.2, 0.25) is 10.0 Å². The van der Waals surface area contributed by atoms with Crippen LogP contribution in [0.25, 0.3) is 0 Å². The Morgan fingerprint density at radius 2 is 1.50 bits per heavy atom. The number of benzene rings is 3. The highest BCUT2D eigenvalue weighted by Crippen LogP contribution is 2.13. The summed E-state index contributed by atoms with van der Waals surface area (Å²) in [5.74, 6) is -0.137. The Balaban J connectivity index is 1.50. The first kappa shape index (κ1) is 27.6. The minimum Gasteiger partial charge on any atom is -0.351 e. The smallest absolute Gasteiger partial charge is 0.251 e. The van der Waals surface area contributed by atoms with Crippen LogP contribution >= 0.6 is 0 Å². The summed E-state index contributed by atoms with van der Waals surface area (Å²) in [5.41, 5.74) is 3.68. The molecule has 0 bridgehead atoms. The van der Waals surface area contributed by atoms with Crippen LogP contribution in [0.3, 0.4) is 0 Å². The van der Waals surface area contributed by atoms with E-state index in [0.717, 1.165) is 37.1 Å². The fourth-order valence-electron chi connectivity index (χ4n) is 3.89. The van der Waals surface area contributed by atoms with E-state index in [9.17, 15) is 13.2 Å². The van der Waals surface area contributed by atoms with Gasteiger partial charge in [0.15, 0.2) is 0 Å². The Morgan fingerprint density at radius 3 is 2.11 bits per heavy atom. The van der Waals surface area contributed by atoms with Crippen molar-refractivity contribution in [3.05, 3.63) is 101 Å². The van der Waals surface area contributed by atoms with Crippen LogP contribution in [0, 0.1) is 0 Å². The van der Waals surface area contributed by atoms with Crippen LogP contribution in [0.15, 0.2) is 83.8 Å². The van der Waals surface area contributed by atoms with Crippen LogP contribution in [0.2, 0.25) is 0 Å². The predicted octanol–water partition coefficient (Wildman–Crippen LogP) is 4.76. The van der Waals surface area contributed by atoms with Crippen molar-refractivity contribution in [1.82, 2.24) is 14.9 Å². The molecule has 192 valence electrons. The topological polar surface area (TPSA) is 78.5 Å². The van der Waals surface area contributed by atoms with Gasteiger partial charge >= 0.3 is 0 Å². The Morgan fingerprint density at radius 1 is 0.861 bits per heavy atom. The Kier molecular flexibility index (Phi) is 10.2. The van der Waals surface area contributed by atoms with Crippen LogP contribution in [-0.4, -0.2) is 38.4 Å². The lowest BCUT2D eigenvalue weighted by atomic mass is 10.1. The third-order valence-electron chi connectivity index (χ3n) is 6.45. The van der Waals surface area contributed by atoms with Crippen molar-refractivity contribution in [2.75, 3.05) is 13.1 Å². The molecule has 0 aliphatic rings. The number of aryl methyl sites for hydroxylation is 1. The van der Waals surface area contributed by atoms with Gasteiger partial charge in [-0.25, -0.2) is 13.1 Å². The van der Waals surface area contributed by atoms with E-state index >= 15 is 0 Å². The quantitative estimate of drug-likeness (QED) is 0.350. The lowest BCUT2D eigenvalue weighted by Crippen LogP contribution is -2.39. The number of sulfonamides is 1. The number of amides is 1. The highest BCUT2D eigenvalue weighted by Gasteiger charge is 2.15. The third-order valence-corrected chi connectivity index (χ3v) is 7.87. The lowest BCUT2D eigenvalue weighted by molar-refractivity contribution is 0.0943. The van der Waals surface area contributed by atoms with E-state index in [4.69, 9.17) is 0 Å². The van der Waals surface area contributed by atoms with Gasteiger partial charge in [0.25, 0.3) is 5.91 Å². The number of hydrogen-bond acceptors (Lipinski definition) is 4. The van der Waals surface area contributed by atoms with E-state index < -0.39 is 10.0 Å². The molecule has 0 aromatic heterocycles. The zero-order chi connectivity index (χ0) is 26.0. The van der Waals surface area contributed by atoms with Gasteiger partial charge in [-0.2, -0.15) is 0 Å². The summed E-state index contributed by atoms with van der Waals surface area (Å²) in [6.45, 7) is 8.72. The summed E-state index contributed by atoms with van der Waals surface area (Å²) in [4.78, 5) is 15.3. The Labute approximate surface area is 215 Å². The van der Waals surface area contributed by atoms with Gasteiger partial charge in [0, 0.05) is 37.8 Å². The molecule has 0 spiro atoms. The van der Waals surface area contributed by atoms with Gasteiger partial charge in [-0.15, -0.1) is 0 Å². The van der Waals surface area contributed by atoms with Crippen molar-refractivity contribution in [1.29, 1.82) is 0 Å². The number of nitrogens with zero attached hydrogens (tertiary/aromatic N) is 1. The van der Waals surface area contributed by atoms with E-state index in [-0.39, 0.29) is 17.3 Å². The zero-order valence-electron chi connectivity index (χ0n) is 21.4. The molecule has 36 heavy (non-hydrogen) atoms. The minimum atomic E-state index is -3.60. The van der Waals surface area contributed by atoms with E-state index in [2.05, 4.69) is 40.9 Å². The van der Waals surface area contributed by atoms with Crippen LogP contribution in [0.5, 0.6) is 0 Å². The Bertz CT molecular complexity index is 1190. The standard InChI is InChI=1S/C29H37N3O3S/c1-4-23(3)32(22-26-9-7-6-8-10-26)20-19-30-29(33)27-15-11-25(12-16-27)21-31-36(34,35)28-17-13-24(5-2)14-18-28/h6-18,23,31H,4-5,19-22H2,1-3H3,(H,30,33). The van der Waals surface area contributed by atoms with Crippen molar-refractivity contribution >= 4 is 15.9 Å². The summed E-state index contributed by atoms with van der Waals surface area (Å²) in [7, 11) is -3.60. The second-order valence-electron chi connectivity index (χ2n) is 8.99. The molecule has 1 unspecified atom stereocenters. The van der Waals surface area contributed by atoms with Crippen molar-refractivity contribution < 1.29 is 13.2 Å². The number of rotatable bonds is 13. The molecule has 0 aliphatic carbocycles. The summed E-state index contributed by atoms with van der Waals surface area (Å²) < 4.78 is 27.7. The molecular formula is C29H37N3O3S. The van der Waals surface area contributed by atoms with Gasteiger partial charge in [0.1, 0.15) is 0 Å². The second kappa shape index (κ2) is 13.3. The molecule has 0 saturated heterocycles. The first-order chi connectivity index (χ1) is 17.3. The fourth-order valence-corrected chi connectivity index (χ4v) is 4.90. The molecule has 0 aliphatic heterocycles. The van der Waals surface area contributed by atoms with E-state index in [0.29, 0.717) is 18.2 Å². The van der Waals surface area contributed by atoms with Crippen molar-refractivity contribution in [2.24, 2.45) is 0 Å². The molecule has 6 nitrogen and oxygen atoms in total. The maximum Gasteiger partial charge on any atom is 0.251 e. The molecule has 1 amide bonds. The van der Waals surface area contributed by atoms with Crippen molar-refractivity contribution in [3.8, 4) is 0 Å². The zero-order valence-corrected chi connectivity index (χ0v) is 22.2. The van der Waals surface area contributed by atoms with Crippen LogP contribution in [-0.2, 0) is 29.5 Å². The predicted molar refractivity (Wildman–Crippen MR) is 145 cm³/mol. The SMILES string of the molecule is CCc1ccc(S(=O)(=O)NCc2ccc(C(=O)NCCN(Cc3ccccc3)C(C)CC)cc2)cc1. The van der Waals surface area contributed by atoms with Gasteiger partial charge in [-0.1, -0.05) is 68.4 Å². The fraction of sp³-hybridized carbons (Fsp3) is 0.345. The van der Waals surface area contributed by atoms with E-state index in [1.54, 1.807) is 36.4 Å². The third kappa shape index (κ3) is 8.01. The number of carbonyl (C=O) groups excluding carboxylic acids is 1. The van der Waals surface area contributed by atoms with Crippen LogP contribution in [0.1, 0.15) is 54.2 Å².